The third kappa shape index (κ3) is 6.74. The number of carbonyl (C=O) groups excluding carboxylic acids is 3. The number of nitrogens with zero attached hydrogens (tertiary/aromatic N) is 5. The molecule has 0 aliphatic carbocycles. The van der Waals surface area contributed by atoms with Crippen molar-refractivity contribution in [3.63, 3.8) is 0 Å². The van der Waals surface area contributed by atoms with Gasteiger partial charge in [0.05, 0.1) is 18.1 Å². The summed E-state index contributed by atoms with van der Waals surface area (Å²) in [5.41, 5.74) is 10.9. The van der Waals surface area contributed by atoms with Crippen LogP contribution in [-0.2, 0) is 29.6 Å². The van der Waals surface area contributed by atoms with Crippen molar-refractivity contribution in [2.75, 3.05) is 19.6 Å². The highest BCUT2D eigenvalue weighted by Crippen LogP contribution is 2.18. The summed E-state index contributed by atoms with van der Waals surface area (Å²) in [6.07, 6.45) is 0.494. The van der Waals surface area contributed by atoms with E-state index in [1.54, 1.807) is 16.8 Å². The number of benzene rings is 3. The van der Waals surface area contributed by atoms with E-state index in [9.17, 15) is 14.4 Å². The molecule has 42 heavy (non-hydrogen) atoms. The van der Waals surface area contributed by atoms with Gasteiger partial charge in [0.2, 0.25) is 11.8 Å². The standard InChI is InChI=1S/C31H35N7O4/c1-21-8-12-24(13-9-21)42-31(41)37-16-17-38(30(40)25(32)14-10-22-6-4-3-5-7-22)28(20-37)29(39)33-19-23-11-15-27-26(18-23)34-35-36(27)2/h3-9,11-13,15,18,25,28H,10,14,16-17,19-20,32H2,1-2H3,(H,33,39)/t25-,28+/m1/s1. The van der Waals surface area contributed by atoms with Gasteiger partial charge < -0.3 is 25.6 Å². The number of nitrogens with two attached hydrogens (primary N) is 1. The first kappa shape index (κ1) is 28.7. The van der Waals surface area contributed by atoms with Crippen LogP contribution in [0.25, 0.3) is 11.0 Å². The van der Waals surface area contributed by atoms with E-state index in [1.165, 1.54) is 9.80 Å². The molecule has 4 aromatic rings. The highest BCUT2D eigenvalue weighted by Gasteiger charge is 2.39. The van der Waals surface area contributed by atoms with Gasteiger partial charge in [0.15, 0.2) is 0 Å². The van der Waals surface area contributed by atoms with E-state index in [-0.39, 0.29) is 38.0 Å². The summed E-state index contributed by atoms with van der Waals surface area (Å²) in [7, 11) is 1.81. The number of rotatable bonds is 8. The number of fused-ring (bicyclic) bond motifs is 1. The highest BCUT2D eigenvalue weighted by atomic mass is 16.6. The summed E-state index contributed by atoms with van der Waals surface area (Å²) in [5.74, 6) is -0.295. The maximum absolute atomic E-state index is 13.6. The molecule has 1 saturated heterocycles. The Morgan fingerprint density at radius 3 is 2.55 bits per heavy atom. The summed E-state index contributed by atoms with van der Waals surface area (Å²) in [5, 5.41) is 11.1. The van der Waals surface area contributed by atoms with Gasteiger partial charge in [-0.2, -0.15) is 0 Å². The fraction of sp³-hybridized carbons (Fsp3) is 0.323. The lowest BCUT2D eigenvalue weighted by molar-refractivity contribution is -0.144. The molecule has 11 nitrogen and oxygen atoms in total. The van der Waals surface area contributed by atoms with Crippen LogP contribution < -0.4 is 15.8 Å². The molecule has 0 radical (unpaired) electrons. The first-order valence-electron chi connectivity index (χ1n) is 14.0. The molecular weight excluding hydrogens is 534 g/mol. The van der Waals surface area contributed by atoms with Gasteiger partial charge in [-0.3, -0.25) is 9.59 Å². The lowest BCUT2D eigenvalue weighted by Gasteiger charge is -2.40. The molecule has 11 heteroatoms. The lowest BCUT2D eigenvalue weighted by Crippen LogP contribution is -2.64. The van der Waals surface area contributed by atoms with Gasteiger partial charge in [-0.1, -0.05) is 59.3 Å². The summed E-state index contributed by atoms with van der Waals surface area (Å²) < 4.78 is 7.23. The molecule has 1 aliphatic rings. The van der Waals surface area contributed by atoms with E-state index in [1.807, 2.05) is 74.6 Å². The molecule has 3 amide bonds. The molecule has 1 fully saturated rings. The zero-order valence-corrected chi connectivity index (χ0v) is 23.8. The average Bonchev–Trinajstić information content (AvgIpc) is 3.39. The van der Waals surface area contributed by atoms with E-state index in [2.05, 4.69) is 15.6 Å². The molecule has 0 unspecified atom stereocenters. The molecule has 2 heterocycles. The third-order valence-electron chi connectivity index (χ3n) is 7.50. The quantitative estimate of drug-likeness (QED) is 0.333. The second kappa shape index (κ2) is 12.8. The number of aromatic nitrogens is 3. The largest absolute Gasteiger partial charge is 0.415 e. The average molecular weight is 570 g/mol. The predicted molar refractivity (Wildman–Crippen MR) is 157 cm³/mol. The Morgan fingerprint density at radius 1 is 1.02 bits per heavy atom. The number of aryl methyl sites for hydroxylation is 3. The minimum atomic E-state index is -0.931. The van der Waals surface area contributed by atoms with Gasteiger partial charge in [0.25, 0.3) is 0 Å². The molecule has 0 saturated carbocycles. The Kier molecular flexibility index (Phi) is 8.77. The van der Waals surface area contributed by atoms with Gasteiger partial charge in [0, 0.05) is 26.7 Å². The Hall–Kier alpha value is -4.77. The van der Waals surface area contributed by atoms with Crippen LogP contribution in [0.1, 0.15) is 23.1 Å². The first-order chi connectivity index (χ1) is 20.3. The van der Waals surface area contributed by atoms with Crippen molar-refractivity contribution in [3.8, 4) is 5.75 Å². The topological polar surface area (TPSA) is 136 Å². The Balaban J connectivity index is 1.28. The van der Waals surface area contributed by atoms with Gasteiger partial charge in [-0.05, 0) is 55.2 Å². The molecule has 2 atom stereocenters. The van der Waals surface area contributed by atoms with E-state index in [0.717, 1.165) is 22.2 Å². The van der Waals surface area contributed by atoms with E-state index in [0.29, 0.717) is 24.1 Å². The summed E-state index contributed by atoms with van der Waals surface area (Å²) in [6.45, 7) is 2.52. The number of hydrogen-bond acceptors (Lipinski definition) is 7. The highest BCUT2D eigenvalue weighted by molar-refractivity contribution is 5.91. The third-order valence-corrected chi connectivity index (χ3v) is 7.50. The Morgan fingerprint density at radius 2 is 1.79 bits per heavy atom. The molecular formula is C31H35N7O4. The van der Waals surface area contributed by atoms with E-state index < -0.39 is 18.2 Å². The number of nitrogens with one attached hydrogen (secondary N) is 1. The number of carbonyl (C=O) groups is 3. The normalized spacial score (nSPS) is 15.8. The summed E-state index contributed by atoms with van der Waals surface area (Å²) in [6, 6.07) is 20.9. The minimum Gasteiger partial charge on any atom is -0.410 e. The number of piperazine rings is 1. The first-order valence-corrected chi connectivity index (χ1v) is 14.0. The fourth-order valence-corrected chi connectivity index (χ4v) is 5.02. The van der Waals surface area contributed by atoms with Crippen LogP contribution in [0.15, 0.2) is 72.8 Å². The molecule has 0 spiro atoms. The monoisotopic (exact) mass is 569 g/mol. The fourth-order valence-electron chi connectivity index (χ4n) is 5.02. The number of amides is 3. The second-order valence-corrected chi connectivity index (χ2v) is 10.6. The zero-order valence-electron chi connectivity index (χ0n) is 23.8. The van der Waals surface area contributed by atoms with Crippen molar-refractivity contribution in [1.29, 1.82) is 0 Å². The number of ether oxygens (including phenoxy) is 1. The van der Waals surface area contributed by atoms with Gasteiger partial charge >= 0.3 is 6.09 Å². The van der Waals surface area contributed by atoms with Crippen molar-refractivity contribution in [3.05, 3.63) is 89.5 Å². The van der Waals surface area contributed by atoms with Crippen LogP contribution in [0.2, 0.25) is 0 Å². The maximum Gasteiger partial charge on any atom is 0.415 e. The lowest BCUT2D eigenvalue weighted by atomic mass is 10.0. The summed E-state index contributed by atoms with van der Waals surface area (Å²) >= 11 is 0. The minimum absolute atomic E-state index is 0.0170. The number of hydrogen-bond donors (Lipinski definition) is 2. The zero-order chi connectivity index (χ0) is 29.6. The SMILES string of the molecule is Cc1ccc(OC(=O)N2CCN(C(=O)[C@H](N)CCc3ccccc3)[C@H](C(=O)NCc3ccc4c(c3)nnn4C)C2)cc1. The molecule has 0 bridgehead atoms. The van der Waals surface area contributed by atoms with Crippen LogP contribution in [0, 0.1) is 6.92 Å². The van der Waals surface area contributed by atoms with Crippen molar-refractivity contribution in [1.82, 2.24) is 30.1 Å². The van der Waals surface area contributed by atoms with Crippen LogP contribution in [0.3, 0.4) is 0 Å². The van der Waals surface area contributed by atoms with Crippen molar-refractivity contribution in [2.45, 2.75) is 38.4 Å². The molecule has 3 aromatic carbocycles. The van der Waals surface area contributed by atoms with Crippen LogP contribution >= 0.6 is 0 Å². The van der Waals surface area contributed by atoms with Crippen molar-refractivity contribution >= 4 is 28.9 Å². The molecule has 218 valence electrons. The van der Waals surface area contributed by atoms with E-state index >= 15 is 0 Å². The molecule has 5 rings (SSSR count). The maximum atomic E-state index is 13.6. The van der Waals surface area contributed by atoms with Crippen molar-refractivity contribution in [2.24, 2.45) is 12.8 Å². The smallest absolute Gasteiger partial charge is 0.410 e. The van der Waals surface area contributed by atoms with Crippen molar-refractivity contribution < 1.29 is 19.1 Å². The van der Waals surface area contributed by atoms with E-state index in [4.69, 9.17) is 10.5 Å². The van der Waals surface area contributed by atoms with Crippen LogP contribution in [0.4, 0.5) is 4.79 Å². The Labute approximate surface area is 244 Å². The van der Waals surface area contributed by atoms with Gasteiger partial charge in [-0.15, -0.1) is 5.10 Å². The molecule has 1 aromatic heterocycles. The van der Waals surface area contributed by atoms with Crippen LogP contribution in [-0.4, -0.2) is 74.4 Å². The van der Waals surface area contributed by atoms with Gasteiger partial charge in [0.1, 0.15) is 17.3 Å². The second-order valence-electron chi connectivity index (χ2n) is 10.6. The molecule has 3 N–H and O–H groups in total. The van der Waals surface area contributed by atoms with Crippen LogP contribution in [0.5, 0.6) is 5.75 Å². The van der Waals surface area contributed by atoms with Gasteiger partial charge in [-0.25, -0.2) is 9.48 Å². The summed E-state index contributed by atoms with van der Waals surface area (Å²) in [4.78, 5) is 43.1. The predicted octanol–water partition coefficient (Wildman–Crippen LogP) is 2.56. The Bertz CT molecular complexity index is 1550. The molecule has 1 aliphatic heterocycles.